The van der Waals surface area contributed by atoms with Crippen LogP contribution in [0.4, 0.5) is 5.69 Å². The summed E-state index contributed by atoms with van der Waals surface area (Å²) < 4.78 is 5.94. The third-order valence-corrected chi connectivity index (χ3v) is 6.35. The summed E-state index contributed by atoms with van der Waals surface area (Å²) in [5, 5.41) is 2.71. The Bertz CT molecular complexity index is 847. The minimum absolute atomic E-state index is 0.103. The Morgan fingerprint density at radius 1 is 1.03 bits per heavy atom. The summed E-state index contributed by atoms with van der Waals surface area (Å²) in [5.74, 6) is -0.161. The lowest BCUT2D eigenvalue weighted by Gasteiger charge is -2.36. The lowest BCUT2D eigenvalue weighted by atomic mass is 9.85. The molecule has 0 aromatic heterocycles. The topological polar surface area (TPSA) is 79.0 Å². The fraction of sp³-hybridized carbons (Fsp3) is 0.542. The fourth-order valence-corrected chi connectivity index (χ4v) is 4.78. The molecule has 1 N–H and O–H groups in total. The highest BCUT2D eigenvalue weighted by atomic mass is 16.5. The number of ketones is 2. The quantitative estimate of drug-likeness (QED) is 0.553. The number of nitrogens with one attached hydrogen (secondary N) is 1. The van der Waals surface area contributed by atoms with Crippen molar-refractivity contribution in [2.24, 2.45) is 11.8 Å². The Kier molecular flexibility index (Phi) is 6.41. The monoisotopic (exact) mass is 425 g/mol. The first-order valence-electron chi connectivity index (χ1n) is 11.2. The minimum Gasteiger partial charge on any atom is -0.489 e. The molecule has 1 aromatic carbocycles. The normalized spacial score (nSPS) is 26.3. The molecule has 3 aliphatic rings. The van der Waals surface area contributed by atoms with Gasteiger partial charge < -0.3 is 15.0 Å². The molecule has 4 rings (SSSR count). The largest absolute Gasteiger partial charge is 0.489 e. The number of hydrogen-bond acceptors (Lipinski definition) is 6. The van der Waals surface area contributed by atoms with Crippen molar-refractivity contribution in [3.63, 3.8) is 0 Å². The summed E-state index contributed by atoms with van der Waals surface area (Å²) in [5.41, 5.74) is 1.07. The van der Waals surface area contributed by atoms with Crippen molar-refractivity contribution in [3.05, 3.63) is 36.4 Å². The molecule has 2 atom stereocenters. The van der Waals surface area contributed by atoms with Gasteiger partial charge in [-0.2, -0.15) is 0 Å². The van der Waals surface area contributed by atoms with Crippen LogP contribution in [0.5, 0.6) is 5.75 Å². The zero-order valence-corrected chi connectivity index (χ0v) is 18.3. The molecule has 0 bridgehead atoms. The number of nitrogens with zero attached hydrogens (tertiary/aromatic N) is 2. The number of anilines is 1. The third kappa shape index (κ3) is 4.66. The van der Waals surface area contributed by atoms with Crippen LogP contribution in [0, 0.1) is 11.8 Å². The summed E-state index contributed by atoms with van der Waals surface area (Å²) >= 11 is 0. The van der Waals surface area contributed by atoms with Crippen LogP contribution in [-0.4, -0.2) is 67.2 Å². The zero-order chi connectivity index (χ0) is 22.0. The molecule has 1 amide bonds. The first-order valence-corrected chi connectivity index (χ1v) is 11.2. The maximum absolute atomic E-state index is 12.6. The third-order valence-electron chi connectivity index (χ3n) is 6.35. The summed E-state index contributed by atoms with van der Waals surface area (Å²) in [6, 6.07) is 7.05. The molecule has 0 spiro atoms. The molecule has 0 radical (unpaired) electrons. The Hall–Kier alpha value is -2.67. The van der Waals surface area contributed by atoms with Gasteiger partial charge in [0, 0.05) is 38.0 Å². The molecule has 31 heavy (non-hydrogen) atoms. The highest BCUT2D eigenvalue weighted by Crippen LogP contribution is 2.35. The van der Waals surface area contributed by atoms with E-state index >= 15 is 0 Å². The SMILES string of the molecule is CC(C)Oc1ccccc1N1CCN(CC(=O)NC2C(=O)C3CC=CCC3C2=O)CC1. The van der Waals surface area contributed by atoms with E-state index in [4.69, 9.17) is 4.74 Å². The average Bonchev–Trinajstić information content (AvgIpc) is 2.99. The van der Waals surface area contributed by atoms with E-state index in [2.05, 4.69) is 21.2 Å². The summed E-state index contributed by atoms with van der Waals surface area (Å²) in [4.78, 5) is 42.1. The van der Waals surface area contributed by atoms with Gasteiger partial charge in [-0.15, -0.1) is 0 Å². The standard InChI is InChI=1S/C24H31N3O4/c1-16(2)31-20-10-6-5-9-19(20)27-13-11-26(12-14-27)15-21(28)25-22-23(29)17-7-3-4-8-18(17)24(22)30/h3-6,9-10,16-18,22H,7-8,11-15H2,1-2H3,(H,25,28). The zero-order valence-electron chi connectivity index (χ0n) is 18.3. The average molecular weight is 426 g/mol. The molecular formula is C24H31N3O4. The first kappa shape index (κ1) is 21.6. The number of para-hydroxylation sites is 2. The van der Waals surface area contributed by atoms with Gasteiger partial charge in [-0.25, -0.2) is 0 Å². The number of Topliss-reactive ketones (excluding diaryl/α,β-unsaturated/α-hetero) is 2. The Balaban J connectivity index is 1.29. The van der Waals surface area contributed by atoms with Crippen molar-refractivity contribution in [1.82, 2.24) is 10.2 Å². The minimum atomic E-state index is -0.969. The predicted molar refractivity (Wildman–Crippen MR) is 118 cm³/mol. The predicted octanol–water partition coefficient (Wildman–Crippen LogP) is 1.81. The molecule has 1 saturated heterocycles. The number of hydrogen-bond donors (Lipinski definition) is 1. The van der Waals surface area contributed by atoms with Crippen LogP contribution in [-0.2, 0) is 14.4 Å². The summed E-state index contributed by atoms with van der Waals surface area (Å²) in [7, 11) is 0. The van der Waals surface area contributed by atoms with Gasteiger partial charge in [-0.3, -0.25) is 19.3 Å². The van der Waals surface area contributed by atoms with Crippen LogP contribution >= 0.6 is 0 Å². The van der Waals surface area contributed by atoms with Crippen LogP contribution in [0.3, 0.4) is 0 Å². The van der Waals surface area contributed by atoms with E-state index in [0.29, 0.717) is 12.8 Å². The van der Waals surface area contributed by atoms with E-state index in [9.17, 15) is 14.4 Å². The van der Waals surface area contributed by atoms with Gasteiger partial charge in [-0.1, -0.05) is 24.3 Å². The number of amides is 1. The maximum Gasteiger partial charge on any atom is 0.235 e. The lowest BCUT2D eigenvalue weighted by Crippen LogP contribution is -2.52. The van der Waals surface area contributed by atoms with Crippen LogP contribution in [0.25, 0.3) is 0 Å². The van der Waals surface area contributed by atoms with Gasteiger partial charge in [0.25, 0.3) is 0 Å². The van der Waals surface area contributed by atoms with Crippen LogP contribution in [0.2, 0.25) is 0 Å². The van der Waals surface area contributed by atoms with Crippen molar-refractivity contribution in [1.29, 1.82) is 0 Å². The van der Waals surface area contributed by atoms with Gasteiger partial charge in [0.05, 0.1) is 18.3 Å². The molecule has 1 aliphatic heterocycles. The second kappa shape index (κ2) is 9.22. The number of fused-ring (bicyclic) bond motifs is 1. The van der Waals surface area contributed by atoms with Gasteiger partial charge in [0.2, 0.25) is 5.91 Å². The first-order chi connectivity index (χ1) is 14.9. The number of carbonyl (C=O) groups is 3. The van der Waals surface area contributed by atoms with E-state index in [1.807, 2.05) is 44.2 Å². The number of allylic oxidation sites excluding steroid dienone is 2. The number of carbonyl (C=O) groups excluding carboxylic acids is 3. The number of rotatable bonds is 6. The molecule has 2 unspecified atom stereocenters. The fourth-order valence-electron chi connectivity index (χ4n) is 4.78. The Morgan fingerprint density at radius 2 is 1.65 bits per heavy atom. The van der Waals surface area contributed by atoms with E-state index in [1.54, 1.807) is 0 Å². The van der Waals surface area contributed by atoms with E-state index in [0.717, 1.165) is 37.6 Å². The van der Waals surface area contributed by atoms with Crippen molar-refractivity contribution in [2.45, 2.75) is 38.8 Å². The van der Waals surface area contributed by atoms with E-state index in [1.165, 1.54) is 0 Å². The highest BCUT2D eigenvalue weighted by Gasteiger charge is 2.49. The molecule has 166 valence electrons. The molecular weight excluding hydrogens is 394 g/mol. The molecule has 7 nitrogen and oxygen atoms in total. The smallest absolute Gasteiger partial charge is 0.235 e. The van der Waals surface area contributed by atoms with Gasteiger partial charge in [-0.05, 0) is 38.8 Å². The van der Waals surface area contributed by atoms with E-state index < -0.39 is 6.04 Å². The number of piperazine rings is 1. The summed E-state index contributed by atoms with van der Waals surface area (Å²) in [6.07, 6.45) is 5.23. The molecule has 1 saturated carbocycles. The van der Waals surface area contributed by atoms with Crippen molar-refractivity contribution >= 4 is 23.2 Å². The lowest BCUT2D eigenvalue weighted by molar-refractivity contribution is -0.132. The Labute approximate surface area is 183 Å². The maximum atomic E-state index is 12.6. The molecule has 1 heterocycles. The second-order valence-corrected chi connectivity index (χ2v) is 8.86. The molecule has 2 aliphatic carbocycles. The van der Waals surface area contributed by atoms with Crippen LogP contribution < -0.4 is 15.0 Å². The second-order valence-electron chi connectivity index (χ2n) is 8.86. The van der Waals surface area contributed by atoms with E-state index in [-0.39, 0.29) is 42.0 Å². The van der Waals surface area contributed by atoms with Gasteiger partial charge >= 0.3 is 0 Å². The van der Waals surface area contributed by atoms with Crippen molar-refractivity contribution < 1.29 is 19.1 Å². The Morgan fingerprint density at radius 3 is 2.26 bits per heavy atom. The molecule has 7 heteroatoms. The molecule has 1 aromatic rings. The summed E-state index contributed by atoms with van der Waals surface area (Å²) in [6.45, 7) is 7.24. The van der Waals surface area contributed by atoms with Crippen LogP contribution in [0.15, 0.2) is 36.4 Å². The van der Waals surface area contributed by atoms with Crippen LogP contribution in [0.1, 0.15) is 26.7 Å². The number of ether oxygens (including phenoxy) is 1. The van der Waals surface area contributed by atoms with Gasteiger partial charge in [0.1, 0.15) is 11.8 Å². The van der Waals surface area contributed by atoms with Crippen molar-refractivity contribution in [2.75, 3.05) is 37.6 Å². The highest BCUT2D eigenvalue weighted by molar-refractivity contribution is 6.16. The molecule has 2 fully saturated rings. The number of benzene rings is 1. The van der Waals surface area contributed by atoms with Gasteiger partial charge in [0.15, 0.2) is 11.6 Å². The van der Waals surface area contributed by atoms with Crippen molar-refractivity contribution in [3.8, 4) is 5.75 Å².